The number of nitriles is 1. The smallest absolute Gasteiger partial charge is 0.279 e. The van der Waals surface area contributed by atoms with Gasteiger partial charge in [0.1, 0.15) is 11.6 Å². The highest BCUT2D eigenvalue weighted by Crippen LogP contribution is 2.15. The van der Waals surface area contributed by atoms with Gasteiger partial charge in [0, 0.05) is 5.69 Å². The number of rotatable bonds is 6. The van der Waals surface area contributed by atoms with Crippen molar-refractivity contribution in [3.05, 3.63) is 70.8 Å². The maximum Gasteiger partial charge on any atom is 0.279 e. The van der Waals surface area contributed by atoms with Gasteiger partial charge in [-0.05, 0) is 31.2 Å². The van der Waals surface area contributed by atoms with Crippen molar-refractivity contribution in [3.63, 3.8) is 0 Å². The molecule has 0 unspecified atom stereocenters. The van der Waals surface area contributed by atoms with Gasteiger partial charge in [0.15, 0.2) is 0 Å². The average molecular weight is 388 g/mol. The largest absolute Gasteiger partial charge is 0.349 e. The van der Waals surface area contributed by atoms with Gasteiger partial charge in [-0.3, -0.25) is 10.2 Å². The molecule has 0 bridgehead atoms. The third kappa shape index (κ3) is 5.10. The normalized spacial score (nSPS) is 11.9. The SMILES string of the molecule is Cc1ccc(S(=O)(=O)NNC(=O)C(C#N)=C(S)Nc2ccccc2)cc1. The molecule has 0 aromatic heterocycles. The number of para-hydroxylation sites is 1. The second-order valence-corrected chi connectivity index (χ2v) is 7.33. The van der Waals surface area contributed by atoms with Crippen LogP contribution in [0.15, 0.2) is 70.1 Å². The molecule has 2 rings (SSSR count). The first-order valence-electron chi connectivity index (χ1n) is 7.37. The molecule has 0 radical (unpaired) electrons. The van der Waals surface area contributed by atoms with Crippen molar-refractivity contribution >= 4 is 34.2 Å². The van der Waals surface area contributed by atoms with E-state index in [-0.39, 0.29) is 15.5 Å². The van der Waals surface area contributed by atoms with Gasteiger partial charge in [-0.15, -0.1) is 17.5 Å². The highest BCUT2D eigenvalue weighted by atomic mass is 32.2. The van der Waals surface area contributed by atoms with Crippen molar-refractivity contribution in [1.82, 2.24) is 10.3 Å². The number of hydrazine groups is 1. The van der Waals surface area contributed by atoms with Gasteiger partial charge in [0.05, 0.1) is 9.92 Å². The standard InChI is InChI=1S/C17H16N4O3S2/c1-12-7-9-14(10-8-12)26(23,24)21-20-16(22)15(11-18)17(25)19-13-5-3-2-4-6-13/h2-10,19,21,25H,1H3,(H,20,22). The first-order valence-corrected chi connectivity index (χ1v) is 9.31. The van der Waals surface area contributed by atoms with E-state index in [0.717, 1.165) is 5.56 Å². The Morgan fingerprint density at radius 3 is 2.27 bits per heavy atom. The first kappa shape index (κ1) is 19.5. The van der Waals surface area contributed by atoms with Gasteiger partial charge >= 0.3 is 0 Å². The van der Waals surface area contributed by atoms with E-state index in [4.69, 9.17) is 0 Å². The van der Waals surface area contributed by atoms with Crippen LogP contribution in [0.3, 0.4) is 0 Å². The topological polar surface area (TPSA) is 111 Å². The first-order chi connectivity index (χ1) is 12.3. The summed E-state index contributed by atoms with van der Waals surface area (Å²) in [6.45, 7) is 1.82. The van der Waals surface area contributed by atoms with Crippen molar-refractivity contribution < 1.29 is 13.2 Å². The summed E-state index contributed by atoms with van der Waals surface area (Å²) in [6.07, 6.45) is 0. The quantitative estimate of drug-likeness (QED) is 0.262. The molecule has 2 aromatic carbocycles. The lowest BCUT2D eigenvalue weighted by molar-refractivity contribution is -0.117. The Balaban J connectivity index is 2.10. The highest BCUT2D eigenvalue weighted by molar-refractivity contribution is 7.89. The van der Waals surface area contributed by atoms with Crippen LogP contribution < -0.4 is 15.6 Å². The van der Waals surface area contributed by atoms with Crippen LogP contribution in [0.1, 0.15) is 5.56 Å². The number of hydrogen-bond donors (Lipinski definition) is 4. The number of nitrogens with one attached hydrogen (secondary N) is 3. The van der Waals surface area contributed by atoms with Gasteiger partial charge in [-0.1, -0.05) is 35.9 Å². The second-order valence-electron chi connectivity index (χ2n) is 5.20. The number of nitrogens with zero attached hydrogens (tertiary/aromatic N) is 1. The zero-order valence-electron chi connectivity index (χ0n) is 13.7. The lowest BCUT2D eigenvalue weighted by atomic mass is 10.2. The van der Waals surface area contributed by atoms with E-state index in [1.54, 1.807) is 42.5 Å². The fraction of sp³-hybridized carbons (Fsp3) is 0.0588. The minimum absolute atomic E-state index is 0.00858. The predicted octanol–water partition coefficient (Wildman–Crippen LogP) is 2.08. The van der Waals surface area contributed by atoms with Gasteiger partial charge in [0.25, 0.3) is 15.9 Å². The van der Waals surface area contributed by atoms with Gasteiger partial charge in [-0.25, -0.2) is 8.42 Å². The van der Waals surface area contributed by atoms with Crippen LogP contribution in [0.25, 0.3) is 0 Å². The third-order valence-corrected chi connectivity index (χ3v) is 4.84. The zero-order chi connectivity index (χ0) is 19.2. The van der Waals surface area contributed by atoms with E-state index in [9.17, 15) is 18.5 Å². The van der Waals surface area contributed by atoms with E-state index in [1.165, 1.54) is 12.1 Å². The number of aryl methyl sites for hydroxylation is 1. The van der Waals surface area contributed by atoms with Crippen LogP contribution in [0, 0.1) is 18.3 Å². The van der Waals surface area contributed by atoms with Gasteiger partial charge in [0.2, 0.25) is 0 Å². The number of carbonyl (C=O) groups is 1. The summed E-state index contributed by atoms with van der Waals surface area (Å²) in [5.74, 6) is -0.934. The molecule has 7 nitrogen and oxygen atoms in total. The number of benzene rings is 2. The molecule has 0 aliphatic carbocycles. The van der Waals surface area contributed by atoms with E-state index in [2.05, 4.69) is 17.9 Å². The van der Waals surface area contributed by atoms with Gasteiger partial charge < -0.3 is 5.32 Å². The van der Waals surface area contributed by atoms with Crippen molar-refractivity contribution in [2.45, 2.75) is 11.8 Å². The van der Waals surface area contributed by atoms with Crippen molar-refractivity contribution in [1.29, 1.82) is 5.26 Å². The molecule has 0 saturated heterocycles. The van der Waals surface area contributed by atoms with Crippen molar-refractivity contribution in [2.75, 3.05) is 5.32 Å². The maximum absolute atomic E-state index is 12.2. The Bertz CT molecular complexity index is 963. The fourth-order valence-electron chi connectivity index (χ4n) is 1.88. The van der Waals surface area contributed by atoms with Crippen molar-refractivity contribution in [2.24, 2.45) is 0 Å². The number of hydrogen-bond acceptors (Lipinski definition) is 6. The monoisotopic (exact) mass is 388 g/mol. The Morgan fingerprint density at radius 2 is 1.69 bits per heavy atom. The Labute approximate surface area is 157 Å². The maximum atomic E-state index is 12.2. The molecular formula is C17H16N4O3S2. The average Bonchev–Trinajstić information content (AvgIpc) is 2.62. The summed E-state index contributed by atoms with van der Waals surface area (Å²) < 4.78 is 24.3. The predicted molar refractivity (Wildman–Crippen MR) is 101 cm³/mol. The van der Waals surface area contributed by atoms with Crippen LogP contribution in [0.4, 0.5) is 5.69 Å². The lowest BCUT2D eigenvalue weighted by Gasteiger charge is -2.10. The van der Waals surface area contributed by atoms with E-state index >= 15 is 0 Å². The molecule has 134 valence electrons. The number of carbonyl (C=O) groups excluding carboxylic acids is 1. The number of amides is 1. The molecule has 0 atom stereocenters. The summed E-state index contributed by atoms with van der Waals surface area (Å²) in [7, 11) is -3.96. The van der Waals surface area contributed by atoms with Crippen LogP contribution in [0.2, 0.25) is 0 Å². The molecule has 26 heavy (non-hydrogen) atoms. The number of sulfonamides is 1. The summed E-state index contributed by atoms with van der Waals surface area (Å²) in [4.78, 5) is 14.1. The molecule has 0 saturated carbocycles. The van der Waals surface area contributed by atoms with Crippen LogP contribution in [-0.2, 0) is 14.8 Å². The Hall–Kier alpha value is -2.80. The second kappa shape index (κ2) is 8.53. The van der Waals surface area contributed by atoms with E-state index in [1.807, 2.05) is 23.2 Å². The molecule has 0 aliphatic rings. The summed E-state index contributed by atoms with van der Waals surface area (Å²) in [6, 6.07) is 16.6. The molecule has 0 fully saturated rings. The molecule has 3 N–H and O–H groups in total. The molecule has 1 amide bonds. The lowest BCUT2D eigenvalue weighted by Crippen LogP contribution is -2.42. The molecule has 2 aromatic rings. The molecule has 9 heteroatoms. The molecular weight excluding hydrogens is 372 g/mol. The zero-order valence-corrected chi connectivity index (χ0v) is 15.4. The van der Waals surface area contributed by atoms with Crippen LogP contribution in [0.5, 0.6) is 0 Å². The molecule has 0 heterocycles. The Morgan fingerprint density at radius 1 is 1.08 bits per heavy atom. The number of anilines is 1. The Kier molecular flexibility index (Phi) is 6.41. The summed E-state index contributed by atoms with van der Waals surface area (Å²) in [5, 5.41) is 12.0. The van der Waals surface area contributed by atoms with E-state index < -0.39 is 15.9 Å². The highest BCUT2D eigenvalue weighted by Gasteiger charge is 2.18. The summed E-state index contributed by atoms with van der Waals surface area (Å²) in [5.41, 5.74) is 3.16. The van der Waals surface area contributed by atoms with Crippen LogP contribution >= 0.6 is 12.6 Å². The minimum atomic E-state index is -3.96. The van der Waals surface area contributed by atoms with E-state index in [0.29, 0.717) is 5.69 Å². The van der Waals surface area contributed by atoms with Crippen molar-refractivity contribution in [3.8, 4) is 6.07 Å². The number of thiol groups is 1. The van der Waals surface area contributed by atoms with Gasteiger partial charge in [-0.2, -0.15) is 5.26 Å². The minimum Gasteiger partial charge on any atom is -0.349 e. The third-order valence-electron chi connectivity index (χ3n) is 3.24. The molecule has 0 spiro atoms. The summed E-state index contributed by atoms with van der Waals surface area (Å²) >= 11 is 4.11. The van der Waals surface area contributed by atoms with Crippen LogP contribution in [-0.4, -0.2) is 14.3 Å². The molecule has 0 aliphatic heterocycles. The fourth-order valence-corrected chi connectivity index (χ4v) is 3.00.